The van der Waals surface area contributed by atoms with Crippen LogP contribution in [0.25, 0.3) is 11.0 Å². The van der Waals surface area contributed by atoms with Crippen molar-refractivity contribution in [2.24, 2.45) is 5.41 Å². The molecule has 80 valence electrons. The van der Waals surface area contributed by atoms with Gasteiger partial charge in [-0.3, -0.25) is 0 Å². The van der Waals surface area contributed by atoms with Crippen molar-refractivity contribution in [2.75, 3.05) is 0 Å². The highest BCUT2D eigenvalue weighted by Gasteiger charge is 2.14. The van der Waals surface area contributed by atoms with Gasteiger partial charge in [-0.05, 0) is 24.0 Å². The maximum Gasteiger partial charge on any atom is 0.107 e. The van der Waals surface area contributed by atoms with Crippen molar-refractivity contribution in [3.8, 4) is 0 Å². The van der Waals surface area contributed by atoms with Gasteiger partial charge in [-0.2, -0.15) is 0 Å². The van der Waals surface area contributed by atoms with E-state index in [-0.39, 0.29) is 5.41 Å². The molecule has 2 aromatic rings. The van der Waals surface area contributed by atoms with E-state index in [0.717, 1.165) is 23.3 Å². The van der Waals surface area contributed by atoms with E-state index in [4.69, 9.17) is 0 Å². The number of aromatic amines is 1. The molecule has 2 nitrogen and oxygen atoms in total. The first-order valence-electron chi connectivity index (χ1n) is 5.40. The average molecular weight is 202 g/mol. The zero-order valence-electron chi connectivity index (χ0n) is 9.89. The minimum atomic E-state index is 0.280. The first kappa shape index (κ1) is 10.2. The number of para-hydroxylation sites is 1. The number of nitrogens with zero attached hydrogens (tertiary/aromatic N) is 1. The molecule has 0 aliphatic carbocycles. The molecule has 0 radical (unpaired) electrons. The summed E-state index contributed by atoms with van der Waals surface area (Å²) >= 11 is 0. The second-order valence-corrected chi connectivity index (χ2v) is 5.39. The summed E-state index contributed by atoms with van der Waals surface area (Å²) in [6.45, 7) is 8.79. The Bertz CT molecular complexity index is 475. The molecule has 15 heavy (non-hydrogen) atoms. The van der Waals surface area contributed by atoms with Crippen LogP contribution in [0.5, 0.6) is 0 Å². The highest BCUT2D eigenvalue weighted by atomic mass is 14.9. The molecule has 2 heteroatoms. The van der Waals surface area contributed by atoms with Crippen LogP contribution in [0.3, 0.4) is 0 Å². The number of imidazole rings is 1. The van der Waals surface area contributed by atoms with Crippen molar-refractivity contribution in [3.05, 3.63) is 29.6 Å². The molecule has 0 aliphatic rings. The lowest BCUT2D eigenvalue weighted by atomic mass is 9.92. The van der Waals surface area contributed by atoms with Gasteiger partial charge in [0.15, 0.2) is 0 Å². The standard InChI is InChI=1S/C13H18N2/c1-9-6-5-7-10-12(9)15-11(14-10)8-13(2,3)4/h5-7H,8H2,1-4H3,(H,14,15). The molecule has 0 saturated heterocycles. The summed E-state index contributed by atoms with van der Waals surface area (Å²) in [5, 5.41) is 0. The zero-order valence-corrected chi connectivity index (χ0v) is 9.89. The summed E-state index contributed by atoms with van der Waals surface area (Å²) in [5.41, 5.74) is 3.77. The second kappa shape index (κ2) is 3.37. The van der Waals surface area contributed by atoms with Gasteiger partial charge in [0, 0.05) is 6.42 Å². The molecule has 0 fully saturated rings. The van der Waals surface area contributed by atoms with E-state index in [0.29, 0.717) is 0 Å². The normalized spacial score (nSPS) is 12.3. The minimum absolute atomic E-state index is 0.280. The Balaban J connectivity index is 2.44. The monoisotopic (exact) mass is 202 g/mol. The third kappa shape index (κ3) is 2.20. The third-order valence-electron chi connectivity index (χ3n) is 2.46. The Hall–Kier alpha value is -1.31. The van der Waals surface area contributed by atoms with E-state index in [1.54, 1.807) is 0 Å². The van der Waals surface area contributed by atoms with Gasteiger partial charge < -0.3 is 4.98 Å². The van der Waals surface area contributed by atoms with E-state index >= 15 is 0 Å². The van der Waals surface area contributed by atoms with Gasteiger partial charge in [0.2, 0.25) is 0 Å². The fraction of sp³-hybridized carbons (Fsp3) is 0.462. The van der Waals surface area contributed by atoms with Crippen molar-refractivity contribution in [1.82, 2.24) is 9.97 Å². The smallest absolute Gasteiger partial charge is 0.107 e. The van der Waals surface area contributed by atoms with Gasteiger partial charge in [-0.15, -0.1) is 0 Å². The molecule has 1 aromatic heterocycles. The molecule has 0 atom stereocenters. The highest BCUT2D eigenvalue weighted by Crippen LogP contribution is 2.22. The van der Waals surface area contributed by atoms with Crippen LogP contribution in [0.1, 0.15) is 32.2 Å². The molecule has 0 amide bonds. The number of aryl methyl sites for hydroxylation is 1. The number of hydrogen-bond acceptors (Lipinski definition) is 1. The van der Waals surface area contributed by atoms with Crippen LogP contribution in [-0.2, 0) is 6.42 Å². The summed E-state index contributed by atoms with van der Waals surface area (Å²) in [6, 6.07) is 6.25. The lowest BCUT2D eigenvalue weighted by Crippen LogP contribution is -2.10. The van der Waals surface area contributed by atoms with Gasteiger partial charge in [0.1, 0.15) is 5.82 Å². The second-order valence-electron chi connectivity index (χ2n) is 5.39. The number of fused-ring (bicyclic) bond motifs is 1. The van der Waals surface area contributed by atoms with E-state index < -0.39 is 0 Å². The first-order chi connectivity index (χ1) is 6.96. The molecular weight excluding hydrogens is 184 g/mol. The fourth-order valence-electron chi connectivity index (χ4n) is 1.81. The zero-order chi connectivity index (χ0) is 11.1. The summed E-state index contributed by atoms with van der Waals surface area (Å²) in [7, 11) is 0. The van der Waals surface area contributed by atoms with Crippen LogP contribution in [0, 0.1) is 12.3 Å². The van der Waals surface area contributed by atoms with Crippen molar-refractivity contribution in [2.45, 2.75) is 34.1 Å². The Morgan fingerprint density at radius 2 is 2.00 bits per heavy atom. The number of benzene rings is 1. The van der Waals surface area contributed by atoms with Crippen LogP contribution in [0.4, 0.5) is 0 Å². The predicted octanol–water partition coefficient (Wildman–Crippen LogP) is 3.46. The van der Waals surface area contributed by atoms with Gasteiger partial charge in [-0.1, -0.05) is 32.9 Å². The topological polar surface area (TPSA) is 28.7 Å². The predicted molar refractivity (Wildman–Crippen MR) is 64.0 cm³/mol. The number of H-pyrrole nitrogens is 1. The molecule has 0 aliphatic heterocycles. The Morgan fingerprint density at radius 1 is 1.27 bits per heavy atom. The van der Waals surface area contributed by atoms with Crippen molar-refractivity contribution < 1.29 is 0 Å². The largest absolute Gasteiger partial charge is 0.342 e. The van der Waals surface area contributed by atoms with Crippen LogP contribution in [0.2, 0.25) is 0 Å². The summed E-state index contributed by atoms with van der Waals surface area (Å²) in [4.78, 5) is 8.02. The Labute approximate surface area is 90.7 Å². The lowest BCUT2D eigenvalue weighted by Gasteiger charge is -2.15. The summed E-state index contributed by atoms with van der Waals surface area (Å²) in [6.07, 6.45) is 0.987. The van der Waals surface area contributed by atoms with Gasteiger partial charge in [-0.25, -0.2) is 4.98 Å². The number of aromatic nitrogens is 2. The molecule has 1 heterocycles. The van der Waals surface area contributed by atoms with Crippen LogP contribution in [0.15, 0.2) is 18.2 Å². The van der Waals surface area contributed by atoms with Gasteiger partial charge >= 0.3 is 0 Å². The maximum absolute atomic E-state index is 4.64. The molecule has 0 unspecified atom stereocenters. The molecule has 0 spiro atoms. The molecular formula is C13H18N2. The molecule has 0 bridgehead atoms. The summed E-state index contributed by atoms with van der Waals surface area (Å²) < 4.78 is 0. The molecule has 0 saturated carbocycles. The third-order valence-corrected chi connectivity index (χ3v) is 2.46. The van der Waals surface area contributed by atoms with Crippen LogP contribution >= 0.6 is 0 Å². The minimum Gasteiger partial charge on any atom is -0.342 e. The lowest BCUT2D eigenvalue weighted by molar-refractivity contribution is 0.402. The van der Waals surface area contributed by atoms with Gasteiger partial charge in [0.05, 0.1) is 11.0 Å². The van der Waals surface area contributed by atoms with Crippen molar-refractivity contribution in [1.29, 1.82) is 0 Å². The van der Waals surface area contributed by atoms with E-state index in [2.05, 4.69) is 55.9 Å². The number of nitrogens with one attached hydrogen (secondary N) is 1. The SMILES string of the molecule is Cc1cccc2[nH]c(CC(C)(C)C)nc12. The summed E-state index contributed by atoms with van der Waals surface area (Å²) in [5.74, 6) is 1.09. The molecule has 2 rings (SSSR count). The maximum atomic E-state index is 4.64. The quantitative estimate of drug-likeness (QED) is 0.753. The van der Waals surface area contributed by atoms with E-state index in [9.17, 15) is 0 Å². The average Bonchev–Trinajstić information content (AvgIpc) is 2.45. The first-order valence-corrected chi connectivity index (χ1v) is 5.40. The van der Waals surface area contributed by atoms with Crippen molar-refractivity contribution in [3.63, 3.8) is 0 Å². The van der Waals surface area contributed by atoms with Crippen molar-refractivity contribution >= 4 is 11.0 Å². The van der Waals surface area contributed by atoms with E-state index in [1.165, 1.54) is 5.56 Å². The fourth-order valence-corrected chi connectivity index (χ4v) is 1.81. The van der Waals surface area contributed by atoms with Crippen LogP contribution in [-0.4, -0.2) is 9.97 Å². The van der Waals surface area contributed by atoms with Crippen LogP contribution < -0.4 is 0 Å². The highest BCUT2D eigenvalue weighted by molar-refractivity contribution is 5.78. The Morgan fingerprint density at radius 3 is 2.60 bits per heavy atom. The van der Waals surface area contributed by atoms with E-state index in [1.807, 2.05) is 0 Å². The number of rotatable bonds is 1. The van der Waals surface area contributed by atoms with Gasteiger partial charge in [0.25, 0.3) is 0 Å². The molecule has 1 aromatic carbocycles. The molecule has 1 N–H and O–H groups in total. The number of hydrogen-bond donors (Lipinski definition) is 1. The Kier molecular flexibility index (Phi) is 2.29.